The van der Waals surface area contributed by atoms with Gasteiger partial charge in [0.15, 0.2) is 0 Å². The van der Waals surface area contributed by atoms with Crippen molar-refractivity contribution in [2.75, 3.05) is 27.7 Å². The lowest BCUT2D eigenvalue weighted by Crippen LogP contribution is -2.45. The number of benzene rings is 1. The predicted octanol–water partition coefficient (Wildman–Crippen LogP) is 1.15. The maximum Gasteiger partial charge on any atom is 0.307 e. The predicted molar refractivity (Wildman–Crippen MR) is 71.7 cm³/mol. The molecule has 1 atom stereocenters. The average Bonchev–Trinajstić information content (AvgIpc) is 2.25. The molecule has 0 amide bonds. The maximum absolute atomic E-state index is 11.6. The van der Waals surface area contributed by atoms with Crippen molar-refractivity contribution in [3.63, 3.8) is 0 Å². The van der Waals surface area contributed by atoms with Gasteiger partial charge in [-0.1, -0.05) is 30.3 Å². The van der Waals surface area contributed by atoms with E-state index in [0.29, 0.717) is 6.61 Å². The number of rotatable bonds is 6. The number of ether oxygens (including phenoxy) is 1. The van der Waals surface area contributed by atoms with Crippen LogP contribution in [-0.2, 0) is 16.1 Å². The van der Waals surface area contributed by atoms with Crippen molar-refractivity contribution in [3.8, 4) is 0 Å². The molecule has 4 nitrogen and oxygen atoms in total. The zero-order chi connectivity index (χ0) is 13.6. The van der Waals surface area contributed by atoms with Crippen molar-refractivity contribution in [2.24, 2.45) is 5.73 Å². The largest absolute Gasteiger partial charge is 0.461 e. The van der Waals surface area contributed by atoms with Crippen LogP contribution in [0, 0.1) is 0 Å². The summed E-state index contributed by atoms with van der Waals surface area (Å²) in [5.74, 6) is -0.236. The molecule has 0 aliphatic carbocycles. The number of carbonyl (C=O) groups is 1. The van der Waals surface area contributed by atoms with Crippen LogP contribution < -0.4 is 5.73 Å². The maximum atomic E-state index is 11.6. The minimum atomic E-state index is -0.236. The van der Waals surface area contributed by atoms with Crippen LogP contribution in [0.15, 0.2) is 30.3 Å². The summed E-state index contributed by atoms with van der Waals surface area (Å²) >= 11 is 0. The number of likely N-dealkylation sites (N-methyl/N-ethyl adjacent to an activating group) is 1. The second-order valence-electron chi connectivity index (χ2n) is 5.58. The normalized spacial score (nSPS) is 13.1. The van der Waals surface area contributed by atoms with E-state index in [4.69, 9.17) is 10.5 Å². The first-order valence-corrected chi connectivity index (χ1v) is 6.12. The molecule has 2 N–H and O–H groups in total. The van der Waals surface area contributed by atoms with Gasteiger partial charge >= 0.3 is 5.97 Å². The summed E-state index contributed by atoms with van der Waals surface area (Å²) in [7, 11) is 6.15. The molecule has 0 bridgehead atoms. The van der Waals surface area contributed by atoms with E-state index in [0.717, 1.165) is 16.6 Å². The molecule has 0 saturated carbocycles. The molecule has 0 fully saturated rings. The third-order valence-corrected chi connectivity index (χ3v) is 2.45. The minimum Gasteiger partial charge on any atom is -0.461 e. The third kappa shape index (κ3) is 6.37. The van der Waals surface area contributed by atoms with Crippen molar-refractivity contribution in [2.45, 2.75) is 19.1 Å². The quantitative estimate of drug-likeness (QED) is 0.609. The Bertz CT molecular complexity index is 371. The molecule has 1 aromatic rings. The minimum absolute atomic E-state index is 0.159. The Morgan fingerprint density at radius 2 is 1.89 bits per heavy atom. The van der Waals surface area contributed by atoms with Crippen LogP contribution in [-0.4, -0.2) is 44.2 Å². The molecule has 1 unspecified atom stereocenters. The van der Waals surface area contributed by atoms with Gasteiger partial charge in [-0.05, 0) is 5.56 Å². The molecule has 100 valence electrons. The number of carbonyl (C=O) groups excluding carboxylic acids is 1. The highest BCUT2D eigenvalue weighted by Gasteiger charge is 2.18. The number of hydrogen-bond acceptors (Lipinski definition) is 3. The molecule has 1 aromatic carbocycles. The van der Waals surface area contributed by atoms with E-state index >= 15 is 0 Å². The summed E-state index contributed by atoms with van der Waals surface area (Å²) in [5, 5.41) is 0. The van der Waals surface area contributed by atoms with Gasteiger partial charge < -0.3 is 15.0 Å². The molecule has 0 aliphatic heterocycles. The van der Waals surface area contributed by atoms with Gasteiger partial charge in [0.05, 0.1) is 40.2 Å². The standard InChI is InChI=1S/C14H23N2O2/c1-16(2,3)10-13(15)9-14(17)18-11-12-7-5-4-6-8-12/h4-8,13H,9-11,15H2,1-3H3/q+1. The lowest BCUT2D eigenvalue weighted by molar-refractivity contribution is -0.871. The SMILES string of the molecule is C[N+](C)(C)CC(N)CC(=O)OCc1ccccc1. The van der Waals surface area contributed by atoms with E-state index in [9.17, 15) is 4.79 Å². The summed E-state index contributed by atoms with van der Waals surface area (Å²) in [4.78, 5) is 11.6. The molecular formula is C14H23N2O2+. The third-order valence-electron chi connectivity index (χ3n) is 2.45. The smallest absolute Gasteiger partial charge is 0.307 e. The monoisotopic (exact) mass is 251 g/mol. The highest BCUT2D eigenvalue weighted by Crippen LogP contribution is 2.03. The Kier molecular flexibility index (Phi) is 5.31. The molecule has 4 heteroatoms. The number of hydrogen-bond donors (Lipinski definition) is 1. The Morgan fingerprint density at radius 1 is 1.28 bits per heavy atom. The van der Waals surface area contributed by atoms with Gasteiger partial charge in [0.25, 0.3) is 0 Å². The van der Waals surface area contributed by atoms with Gasteiger partial charge in [-0.25, -0.2) is 0 Å². The molecule has 18 heavy (non-hydrogen) atoms. The number of nitrogens with zero attached hydrogens (tertiary/aromatic N) is 1. The molecule has 0 aromatic heterocycles. The summed E-state index contributed by atoms with van der Waals surface area (Å²) in [6, 6.07) is 9.48. The summed E-state index contributed by atoms with van der Waals surface area (Å²) < 4.78 is 5.93. The molecule has 0 heterocycles. The lowest BCUT2D eigenvalue weighted by Gasteiger charge is -2.26. The lowest BCUT2D eigenvalue weighted by atomic mass is 10.2. The number of esters is 1. The fourth-order valence-electron chi connectivity index (χ4n) is 1.78. The highest BCUT2D eigenvalue weighted by molar-refractivity contribution is 5.70. The number of nitrogens with two attached hydrogens (primary N) is 1. The molecular weight excluding hydrogens is 228 g/mol. The summed E-state index contributed by atoms with van der Waals surface area (Å²) in [6.07, 6.45) is 0.266. The first kappa shape index (κ1) is 14.7. The van der Waals surface area contributed by atoms with E-state index in [1.54, 1.807) is 0 Å². The van der Waals surface area contributed by atoms with Gasteiger partial charge in [0, 0.05) is 0 Å². The van der Waals surface area contributed by atoms with E-state index < -0.39 is 0 Å². The van der Waals surface area contributed by atoms with E-state index in [1.165, 1.54) is 0 Å². The Morgan fingerprint density at radius 3 is 2.44 bits per heavy atom. The van der Waals surface area contributed by atoms with Crippen LogP contribution in [0.1, 0.15) is 12.0 Å². The molecule has 0 radical (unpaired) electrons. The summed E-state index contributed by atoms with van der Waals surface area (Å²) in [6.45, 7) is 1.07. The highest BCUT2D eigenvalue weighted by atomic mass is 16.5. The second-order valence-corrected chi connectivity index (χ2v) is 5.58. The van der Waals surface area contributed by atoms with Crippen LogP contribution in [0.25, 0.3) is 0 Å². The van der Waals surface area contributed by atoms with Crippen molar-refractivity contribution in [3.05, 3.63) is 35.9 Å². The molecule has 0 saturated heterocycles. The van der Waals surface area contributed by atoms with Crippen LogP contribution in [0.3, 0.4) is 0 Å². The van der Waals surface area contributed by atoms with E-state index in [1.807, 2.05) is 30.3 Å². The van der Waals surface area contributed by atoms with Crippen molar-refractivity contribution < 1.29 is 14.0 Å². The van der Waals surface area contributed by atoms with Crippen LogP contribution in [0.5, 0.6) is 0 Å². The molecule has 0 spiro atoms. The van der Waals surface area contributed by atoms with Gasteiger partial charge in [-0.15, -0.1) is 0 Å². The van der Waals surface area contributed by atoms with Crippen molar-refractivity contribution >= 4 is 5.97 Å². The first-order chi connectivity index (χ1) is 8.37. The average molecular weight is 251 g/mol. The fraction of sp³-hybridized carbons (Fsp3) is 0.500. The van der Waals surface area contributed by atoms with Gasteiger partial charge in [0.2, 0.25) is 0 Å². The zero-order valence-corrected chi connectivity index (χ0v) is 11.4. The van der Waals surface area contributed by atoms with Crippen LogP contribution in [0.2, 0.25) is 0 Å². The first-order valence-electron chi connectivity index (χ1n) is 6.12. The Hall–Kier alpha value is -1.39. The van der Waals surface area contributed by atoms with Gasteiger partial charge in [0.1, 0.15) is 6.61 Å². The number of quaternary nitrogens is 1. The van der Waals surface area contributed by atoms with Crippen LogP contribution >= 0.6 is 0 Å². The second kappa shape index (κ2) is 6.52. The van der Waals surface area contributed by atoms with Crippen LogP contribution in [0.4, 0.5) is 0 Å². The Labute approximate surface area is 109 Å². The van der Waals surface area contributed by atoms with E-state index in [-0.39, 0.29) is 18.4 Å². The topological polar surface area (TPSA) is 52.3 Å². The van der Waals surface area contributed by atoms with Gasteiger partial charge in [-0.3, -0.25) is 4.79 Å². The Balaban J connectivity index is 2.30. The summed E-state index contributed by atoms with van der Waals surface area (Å²) in [5.41, 5.74) is 6.90. The zero-order valence-electron chi connectivity index (χ0n) is 11.4. The molecule has 0 aliphatic rings. The van der Waals surface area contributed by atoms with E-state index in [2.05, 4.69) is 21.1 Å². The fourth-order valence-corrected chi connectivity index (χ4v) is 1.78. The van der Waals surface area contributed by atoms with Crippen molar-refractivity contribution in [1.82, 2.24) is 0 Å². The molecule has 1 rings (SSSR count). The van der Waals surface area contributed by atoms with Gasteiger partial charge in [-0.2, -0.15) is 0 Å². The van der Waals surface area contributed by atoms with Crippen molar-refractivity contribution in [1.29, 1.82) is 0 Å².